The molecule has 0 atom stereocenters. The number of carbonyl (C=O) groups is 1. The molecule has 2 aliphatic rings. The lowest BCUT2D eigenvalue weighted by Gasteiger charge is -2.33. The molecule has 0 saturated carbocycles. The van der Waals surface area contributed by atoms with Gasteiger partial charge in [0, 0.05) is 37.6 Å². The van der Waals surface area contributed by atoms with Crippen molar-refractivity contribution in [2.24, 2.45) is 10.8 Å². The van der Waals surface area contributed by atoms with E-state index in [0.29, 0.717) is 61.9 Å². The van der Waals surface area contributed by atoms with Gasteiger partial charge in [-0.25, -0.2) is 13.4 Å². The van der Waals surface area contributed by atoms with Gasteiger partial charge < -0.3 is 20.7 Å². The summed E-state index contributed by atoms with van der Waals surface area (Å²) in [5, 5.41) is 8.80. The van der Waals surface area contributed by atoms with Crippen LogP contribution in [-0.4, -0.2) is 73.7 Å². The summed E-state index contributed by atoms with van der Waals surface area (Å²) in [5.41, 5.74) is 7.46. The van der Waals surface area contributed by atoms with Gasteiger partial charge in [0.2, 0.25) is 10.0 Å². The SMILES string of the molecule is C=C(CCC)N1N=C(c2cc(S(=O)(=O)N3CCN(CC)CC3)ccc2OCC)NC(=O)/C1=C(\C)N. The zero-order valence-corrected chi connectivity index (χ0v) is 21.8. The summed E-state index contributed by atoms with van der Waals surface area (Å²) >= 11 is 0. The Balaban J connectivity index is 2.07. The highest BCUT2D eigenvalue weighted by atomic mass is 32.2. The summed E-state index contributed by atoms with van der Waals surface area (Å²) in [5.74, 6) is 0.145. The van der Waals surface area contributed by atoms with Gasteiger partial charge in [0.05, 0.1) is 17.1 Å². The van der Waals surface area contributed by atoms with Crippen LogP contribution in [0.4, 0.5) is 0 Å². The van der Waals surface area contributed by atoms with E-state index in [1.165, 1.54) is 21.4 Å². The van der Waals surface area contributed by atoms with Crippen LogP contribution in [-0.2, 0) is 14.8 Å². The van der Waals surface area contributed by atoms with Crippen LogP contribution in [0.5, 0.6) is 5.75 Å². The Morgan fingerprint density at radius 1 is 1.20 bits per heavy atom. The molecule has 11 heteroatoms. The van der Waals surface area contributed by atoms with E-state index in [1.807, 2.05) is 13.8 Å². The minimum absolute atomic E-state index is 0.119. The number of rotatable bonds is 9. The number of sulfonamides is 1. The summed E-state index contributed by atoms with van der Waals surface area (Å²) < 4.78 is 34.1. The fourth-order valence-electron chi connectivity index (χ4n) is 4.10. The van der Waals surface area contributed by atoms with Gasteiger partial charge in [-0.1, -0.05) is 26.8 Å². The molecule has 0 spiro atoms. The zero-order chi connectivity index (χ0) is 25.8. The van der Waals surface area contributed by atoms with Crippen molar-refractivity contribution in [3.05, 3.63) is 47.4 Å². The van der Waals surface area contributed by atoms with Crippen molar-refractivity contribution in [3.8, 4) is 5.75 Å². The van der Waals surface area contributed by atoms with E-state index >= 15 is 0 Å². The number of nitrogens with one attached hydrogen (secondary N) is 1. The number of benzene rings is 1. The Kier molecular flexibility index (Phi) is 8.57. The van der Waals surface area contributed by atoms with Gasteiger partial charge in [-0.05, 0) is 45.0 Å². The maximum Gasteiger partial charge on any atom is 0.277 e. The molecule has 192 valence electrons. The maximum absolute atomic E-state index is 13.4. The molecule has 1 saturated heterocycles. The first kappa shape index (κ1) is 26.7. The third-order valence-electron chi connectivity index (χ3n) is 5.99. The predicted molar refractivity (Wildman–Crippen MR) is 136 cm³/mol. The van der Waals surface area contributed by atoms with E-state index in [1.54, 1.807) is 13.0 Å². The van der Waals surface area contributed by atoms with E-state index in [4.69, 9.17) is 10.5 Å². The summed E-state index contributed by atoms with van der Waals surface area (Å²) in [6, 6.07) is 4.65. The van der Waals surface area contributed by atoms with E-state index in [0.717, 1.165) is 13.0 Å². The molecule has 3 N–H and O–H groups in total. The Labute approximate surface area is 208 Å². The number of hydrogen-bond donors (Lipinski definition) is 2. The number of hydrazone groups is 1. The van der Waals surface area contributed by atoms with Crippen LogP contribution in [0, 0.1) is 0 Å². The fourth-order valence-corrected chi connectivity index (χ4v) is 5.55. The second kappa shape index (κ2) is 11.2. The Bertz CT molecular complexity index is 1130. The molecule has 2 heterocycles. The van der Waals surface area contributed by atoms with Crippen molar-refractivity contribution in [1.82, 2.24) is 19.5 Å². The number of hydrogen-bond acceptors (Lipinski definition) is 8. The molecular weight excluding hydrogens is 468 g/mol. The number of nitrogens with zero attached hydrogens (tertiary/aromatic N) is 4. The molecule has 0 aromatic heterocycles. The lowest BCUT2D eigenvalue weighted by Crippen LogP contribution is -2.48. The van der Waals surface area contributed by atoms with Gasteiger partial charge in [0.1, 0.15) is 11.4 Å². The molecule has 35 heavy (non-hydrogen) atoms. The Morgan fingerprint density at radius 2 is 1.89 bits per heavy atom. The van der Waals surface area contributed by atoms with E-state index in [-0.39, 0.29) is 16.4 Å². The number of nitrogens with two attached hydrogens (primary N) is 1. The maximum atomic E-state index is 13.4. The first-order valence-electron chi connectivity index (χ1n) is 12.0. The van der Waals surface area contributed by atoms with Crippen LogP contribution in [0.25, 0.3) is 0 Å². The van der Waals surface area contributed by atoms with Crippen molar-refractivity contribution in [2.45, 2.75) is 45.4 Å². The molecule has 10 nitrogen and oxygen atoms in total. The van der Waals surface area contributed by atoms with Crippen LogP contribution in [0.15, 0.2) is 51.9 Å². The van der Waals surface area contributed by atoms with Gasteiger partial charge in [-0.2, -0.15) is 4.31 Å². The molecule has 0 aliphatic carbocycles. The van der Waals surface area contributed by atoms with E-state index in [9.17, 15) is 13.2 Å². The summed E-state index contributed by atoms with van der Waals surface area (Å²) in [4.78, 5) is 15.3. The molecule has 0 radical (unpaired) electrons. The number of piperazine rings is 1. The third-order valence-corrected chi connectivity index (χ3v) is 7.89. The predicted octanol–water partition coefficient (Wildman–Crippen LogP) is 2.01. The molecule has 1 fully saturated rings. The van der Waals surface area contributed by atoms with E-state index in [2.05, 4.69) is 28.8 Å². The standard InChI is InChI=1S/C24H36N6O4S/c1-6-9-17(4)30-22(18(5)25)24(31)26-23(27-30)20-16-19(10-11-21(20)34-8-3)35(32,33)29-14-12-28(7-2)13-15-29/h10-11,16H,4,6-9,12-15,25H2,1-3,5H3,(H,26,27,31)/b22-18-. The Morgan fingerprint density at radius 3 is 2.46 bits per heavy atom. The highest BCUT2D eigenvalue weighted by molar-refractivity contribution is 7.89. The monoisotopic (exact) mass is 504 g/mol. The molecule has 1 aromatic rings. The number of ether oxygens (including phenoxy) is 1. The molecule has 2 aliphatic heterocycles. The van der Waals surface area contributed by atoms with Crippen LogP contribution in [0.2, 0.25) is 0 Å². The van der Waals surface area contributed by atoms with Crippen LogP contribution in [0.1, 0.15) is 46.1 Å². The molecule has 0 bridgehead atoms. The first-order chi connectivity index (χ1) is 16.6. The highest BCUT2D eigenvalue weighted by Crippen LogP contribution is 2.29. The second-order valence-corrected chi connectivity index (χ2v) is 10.4. The molecule has 1 aromatic carbocycles. The Hall–Kier alpha value is -2.89. The van der Waals surface area contributed by atoms with Crippen molar-refractivity contribution < 1.29 is 17.9 Å². The van der Waals surface area contributed by atoms with Gasteiger partial charge in [0.25, 0.3) is 5.91 Å². The normalized spacial score (nSPS) is 19.3. The van der Waals surface area contributed by atoms with Crippen LogP contribution >= 0.6 is 0 Å². The summed E-state index contributed by atoms with van der Waals surface area (Å²) in [7, 11) is -3.74. The quantitative estimate of drug-likeness (QED) is 0.494. The van der Waals surface area contributed by atoms with Crippen LogP contribution < -0.4 is 15.8 Å². The number of likely N-dealkylation sites (N-methyl/N-ethyl adjacent to an activating group) is 1. The minimum Gasteiger partial charge on any atom is -0.493 e. The fraction of sp³-hybridized carbons (Fsp3) is 0.500. The lowest BCUT2D eigenvalue weighted by atomic mass is 10.1. The summed E-state index contributed by atoms with van der Waals surface area (Å²) in [6.45, 7) is 15.0. The van der Waals surface area contributed by atoms with E-state index < -0.39 is 15.9 Å². The van der Waals surface area contributed by atoms with Crippen LogP contribution in [0.3, 0.4) is 0 Å². The largest absolute Gasteiger partial charge is 0.493 e. The lowest BCUT2D eigenvalue weighted by molar-refractivity contribution is -0.118. The average molecular weight is 505 g/mol. The van der Waals surface area contributed by atoms with Gasteiger partial charge in [-0.15, -0.1) is 5.10 Å². The van der Waals surface area contributed by atoms with Crippen molar-refractivity contribution in [1.29, 1.82) is 0 Å². The van der Waals surface area contributed by atoms with Crippen molar-refractivity contribution in [2.75, 3.05) is 39.3 Å². The number of amides is 1. The molecule has 1 amide bonds. The molecule has 0 unspecified atom stereocenters. The summed E-state index contributed by atoms with van der Waals surface area (Å²) in [6.07, 6.45) is 1.42. The smallest absolute Gasteiger partial charge is 0.277 e. The average Bonchev–Trinajstić information content (AvgIpc) is 2.83. The molecule has 3 rings (SSSR count). The second-order valence-electron chi connectivity index (χ2n) is 8.49. The topological polar surface area (TPSA) is 121 Å². The number of allylic oxidation sites excluding steroid dienone is 2. The van der Waals surface area contributed by atoms with Gasteiger partial charge in [0.15, 0.2) is 5.84 Å². The zero-order valence-electron chi connectivity index (χ0n) is 21.0. The van der Waals surface area contributed by atoms with Crippen molar-refractivity contribution >= 4 is 21.8 Å². The molecular formula is C24H36N6O4S. The number of carbonyl (C=O) groups excluding carboxylic acids is 1. The third kappa shape index (κ3) is 5.68. The first-order valence-corrected chi connectivity index (χ1v) is 13.4. The highest BCUT2D eigenvalue weighted by Gasteiger charge is 2.32. The van der Waals surface area contributed by atoms with Gasteiger partial charge >= 0.3 is 0 Å². The number of amidine groups is 1. The van der Waals surface area contributed by atoms with Gasteiger partial charge in [-0.3, -0.25) is 4.79 Å². The van der Waals surface area contributed by atoms with Crippen molar-refractivity contribution in [3.63, 3.8) is 0 Å². The minimum atomic E-state index is -3.74.